The molecule has 0 spiro atoms. The Morgan fingerprint density at radius 3 is 1.35 bits per heavy atom. The highest BCUT2D eigenvalue weighted by Gasteiger charge is 2.53. The summed E-state index contributed by atoms with van der Waals surface area (Å²) in [7, 11) is 1.59. The summed E-state index contributed by atoms with van der Waals surface area (Å²) >= 11 is 10.3. The molecular weight excluding hydrogens is 1560 g/mol. The molecular formula is C72H83BBr3F3N16O10. The fourth-order valence-corrected chi connectivity index (χ4v) is 12.4. The average molecular weight is 1640 g/mol. The fraction of sp³-hybridized carbons (Fsp3) is 0.417. The summed E-state index contributed by atoms with van der Waals surface area (Å²) in [6.07, 6.45) is 10.4. The van der Waals surface area contributed by atoms with Crippen LogP contribution in [0.3, 0.4) is 0 Å². The second-order valence-corrected chi connectivity index (χ2v) is 30.7. The van der Waals surface area contributed by atoms with Gasteiger partial charge in [0.15, 0.2) is 11.3 Å². The summed E-state index contributed by atoms with van der Waals surface area (Å²) in [6.45, 7) is 36.0. The number of ether oxygens (including phenoxy) is 6. The van der Waals surface area contributed by atoms with E-state index in [1.54, 1.807) is 88.9 Å². The third kappa shape index (κ3) is 18.8. The van der Waals surface area contributed by atoms with Crippen LogP contribution in [0.1, 0.15) is 152 Å². The Labute approximate surface area is 631 Å². The molecule has 1 atom stereocenters. The highest BCUT2D eigenvalue weighted by atomic mass is 79.9. The third-order valence-corrected chi connectivity index (χ3v) is 18.8. The molecule has 1 fully saturated rings. The first-order valence-corrected chi connectivity index (χ1v) is 36.1. The number of hydrogen-bond acceptors (Lipinski definition) is 21. The number of carbonyl (C=O) groups is 2. The summed E-state index contributed by atoms with van der Waals surface area (Å²) in [5, 5.41) is 13.9. The van der Waals surface area contributed by atoms with Gasteiger partial charge in [0, 0.05) is 116 Å². The molecule has 0 saturated carbocycles. The zero-order valence-electron chi connectivity index (χ0n) is 60.9. The van der Waals surface area contributed by atoms with Crippen LogP contribution in [-0.2, 0) is 69.5 Å². The molecule has 7 aromatic heterocycles. The number of halogens is 6. The minimum atomic E-state index is -1.06. The molecule has 0 aliphatic carbocycles. The van der Waals surface area contributed by atoms with Crippen molar-refractivity contribution in [3.8, 4) is 17.2 Å². The first kappa shape index (κ1) is 78.5. The van der Waals surface area contributed by atoms with Crippen molar-refractivity contribution in [1.29, 1.82) is 0 Å². The second kappa shape index (κ2) is 32.3. The van der Waals surface area contributed by atoms with Crippen molar-refractivity contribution < 1.29 is 60.5 Å². The van der Waals surface area contributed by atoms with E-state index >= 15 is 0 Å². The maximum atomic E-state index is 14.3. The van der Waals surface area contributed by atoms with Gasteiger partial charge in [0.25, 0.3) is 5.82 Å². The van der Waals surface area contributed by atoms with Gasteiger partial charge in [0.1, 0.15) is 50.4 Å². The average Bonchev–Trinajstić information content (AvgIpc) is 1.62. The predicted molar refractivity (Wildman–Crippen MR) is 401 cm³/mol. The Bertz CT molecular complexity index is 4710. The molecule has 3 aromatic carbocycles. The quantitative estimate of drug-likeness (QED) is 0.0383. The number of aryl methyl sites for hydroxylation is 2. The molecule has 1 unspecified atom stereocenters. The van der Waals surface area contributed by atoms with Gasteiger partial charge in [-0.25, -0.2) is 47.7 Å². The molecule has 4 aliphatic heterocycles. The summed E-state index contributed by atoms with van der Waals surface area (Å²) < 4.78 is 94.5. The van der Waals surface area contributed by atoms with E-state index in [0.717, 1.165) is 77.6 Å². The summed E-state index contributed by atoms with van der Waals surface area (Å²) in [4.78, 5) is 51.8. The number of nitrogens with two attached hydrogens (primary N) is 1. The van der Waals surface area contributed by atoms with Crippen molar-refractivity contribution >= 4 is 113 Å². The number of nitrogens with zero attached hydrogens (tertiary/aromatic N) is 12. The van der Waals surface area contributed by atoms with Crippen LogP contribution in [0.4, 0.5) is 46.4 Å². The van der Waals surface area contributed by atoms with E-state index in [1.807, 2.05) is 52.8 Å². The zero-order chi connectivity index (χ0) is 76.2. The number of hydrogen-bond donors (Lipinski definition) is 4. The molecule has 105 heavy (non-hydrogen) atoms. The molecule has 4 aliphatic rings. The monoisotopic (exact) mass is 1640 g/mol. The summed E-state index contributed by atoms with van der Waals surface area (Å²) in [5.41, 5.74) is 14.3. The number of anilines is 3. The SMILES string of the molecule is CC(C)(C)OC(=O)OC(=O)OC(C)(C)C.CC(C)c1cn2c(NCc3c(F)ccc4c3CCO4)ncc(Br)c2n1.CC(N)c1cn2c(NCc3c(F)ccc4c3CCO4)ncc(Br)c2n1.Cc1cc(B2OC(C)(C)C(C)(C)O2)n(C)n1.[C-]#[N+]c1cn2c(NCc3c(F)ccc4c3CCO4)ncc(Br)c2n1. The molecule has 0 bridgehead atoms. The van der Waals surface area contributed by atoms with Crippen LogP contribution in [0.5, 0.6) is 17.2 Å². The Balaban J connectivity index is 0.000000143. The first-order valence-electron chi connectivity index (χ1n) is 33.7. The van der Waals surface area contributed by atoms with Crippen LogP contribution in [-0.4, -0.2) is 115 Å². The van der Waals surface area contributed by atoms with E-state index in [0.29, 0.717) is 102 Å². The first-order chi connectivity index (χ1) is 49.5. The molecule has 1 saturated heterocycles. The lowest BCUT2D eigenvalue weighted by Crippen LogP contribution is -2.41. The summed E-state index contributed by atoms with van der Waals surface area (Å²) in [6, 6.07) is 11.2. The number of rotatable bonds is 12. The van der Waals surface area contributed by atoms with Gasteiger partial charge in [-0.15, -0.1) is 0 Å². The Kier molecular flexibility index (Phi) is 24.2. The maximum Gasteiger partial charge on any atom is 0.519 e. The molecule has 33 heteroatoms. The van der Waals surface area contributed by atoms with E-state index in [4.69, 9.17) is 45.3 Å². The molecule has 556 valence electrons. The molecule has 0 radical (unpaired) electrons. The third-order valence-electron chi connectivity index (χ3n) is 17.1. The van der Waals surface area contributed by atoms with Gasteiger partial charge in [0.05, 0.1) is 68.8 Å². The van der Waals surface area contributed by atoms with Crippen molar-refractivity contribution in [2.75, 3.05) is 35.8 Å². The van der Waals surface area contributed by atoms with Gasteiger partial charge in [-0.05, 0) is 179 Å². The molecule has 10 aromatic rings. The van der Waals surface area contributed by atoms with Crippen molar-refractivity contribution in [3.63, 3.8) is 0 Å². The van der Waals surface area contributed by atoms with Crippen molar-refractivity contribution in [2.45, 2.75) is 170 Å². The molecule has 14 rings (SSSR count). The topological polar surface area (TPSA) is 283 Å². The maximum absolute atomic E-state index is 14.3. The number of imidazole rings is 3. The lowest BCUT2D eigenvalue weighted by Gasteiger charge is -2.32. The largest absolute Gasteiger partial charge is 0.519 e. The number of fused-ring (bicyclic) bond motifs is 6. The van der Waals surface area contributed by atoms with Crippen molar-refractivity contribution in [2.24, 2.45) is 12.8 Å². The standard InChI is InChI=1S/C18H18BrFN4O.C17H17BrFN5O.C16H11BrFN5O.C11H19BN2O2.C10H18O5/c1-10(2)15-9-24-17(23-15)13(19)8-22-18(24)21-7-12-11-5-6-25-16(11)4-3-14(12)20;1-9(20)14-8-24-16(23-14)12(18)7-22-17(24)21-6-11-10-4-5-25-15(10)3-2-13(11)19;1-19-14-8-23-15(22-14)11(17)7-21-16(23)20-6-10-9-4-5-24-13(9)3-2-12(10)18;1-8-7-9(14(6)13-8)12-15-10(2,3)11(4,5)16-12;1-9(2,3)14-7(11)13-8(12)15-10(4,5)6/h3-4,8-10H,5-7H2,1-2H3,(H,21,22);2-3,7-9H,4-6,20H2,1H3,(H,21,22);2-3,7-8H,4-6H2,(H,20,21);7H,1-6H3;1-6H3. The predicted octanol–water partition coefficient (Wildman–Crippen LogP) is 15.1. The van der Waals surface area contributed by atoms with E-state index in [2.05, 4.69) is 150 Å². The Hall–Kier alpha value is -9.07. The lowest BCUT2D eigenvalue weighted by atomic mass is 9.84. The van der Waals surface area contributed by atoms with E-state index in [-0.39, 0.29) is 54.2 Å². The van der Waals surface area contributed by atoms with Crippen LogP contribution < -0.4 is 41.5 Å². The van der Waals surface area contributed by atoms with Crippen LogP contribution in [0.25, 0.3) is 21.8 Å². The van der Waals surface area contributed by atoms with Gasteiger partial charge < -0.3 is 64.3 Å². The molecule has 0 amide bonds. The number of benzene rings is 3. The van der Waals surface area contributed by atoms with E-state index in [1.165, 1.54) is 18.2 Å². The minimum Gasteiger partial charge on any atom is -0.493 e. The highest BCUT2D eigenvalue weighted by Crippen LogP contribution is 2.38. The Morgan fingerprint density at radius 1 is 0.629 bits per heavy atom. The fourth-order valence-electron chi connectivity index (χ4n) is 11.3. The van der Waals surface area contributed by atoms with Crippen molar-refractivity contribution in [1.82, 2.24) is 52.9 Å². The molecule has 5 N–H and O–H groups in total. The second-order valence-electron chi connectivity index (χ2n) is 28.2. The highest BCUT2D eigenvalue weighted by molar-refractivity contribution is 9.11. The van der Waals surface area contributed by atoms with Crippen LogP contribution in [0.15, 0.2) is 93.1 Å². The van der Waals surface area contributed by atoms with Gasteiger partial charge in [-0.2, -0.15) is 5.10 Å². The molecule has 11 heterocycles. The van der Waals surface area contributed by atoms with Crippen LogP contribution >= 0.6 is 47.8 Å². The van der Waals surface area contributed by atoms with E-state index < -0.39 is 23.5 Å². The number of nitrogens with one attached hydrogen (secondary N) is 3. The van der Waals surface area contributed by atoms with Gasteiger partial charge in [0.2, 0.25) is 23.5 Å². The minimum absolute atomic E-state index is 0.188. The number of aromatic nitrogens is 11. The number of carbonyl (C=O) groups excluding carboxylic acids is 2. The van der Waals surface area contributed by atoms with E-state index in [9.17, 15) is 22.8 Å². The van der Waals surface area contributed by atoms with Gasteiger partial charge in [-0.1, -0.05) is 25.4 Å². The lowest BCUT2D eigenvalue weighted by molar-refractivity contribution is -0.0294. The zero-order valence-corrected chi connectivity index (χ0v) is 65.7. The normalized spacial score (nSPS) is 14.7. The summed E-state index contributed by atoms with van der Waals surface area (Å²) in [5.74, 6) is 3.82. The smallest absolute Gasteiger partial charge is 0.493 e. The van der Waals surface area contributed by atoms with Crippen LogP contribution in [0.2, 0.25) is 0 Å². The van der Waals surface area contributed by atoms with Crippen LogP contribution in [0, 0.1) is 30.9 Å². The molecule has 26 nitrogen and oxygen atoms in total. The van der Waals surface area contributed by atoms with Gasteiger partial charge >= 0.3 is 19.4 Å². The van der Waals surface area contributed by atoms with Crippen molar-refractivity contribution in [3.05, 3.63) is 172 Å². The van der Waals surface area contributed by atoms with Gasteiger partial charge in [-0.3, -0.25) is 17.9 Å². The Morgan fingerprint density at radius 2 is 1.00 bits per heavy atom.